The molecule has 2 radical (unpaired) electrons. The Balaban J connectivity index is 0. The maximum Gasteiger partial charge on any atom is 0 e. The molecule has 0 atom stereocenters. The Bertz CT molecular complexity index is 11.6. The molecule has 0 N–H and O–H groups in total. The van der Waals surface area contributed by atoms with Gasteiger partial charge in [0.25, 0.3) is 0 Å². The molecule has 0 saturated carbocycles. The van der Waals surface area contributed by atoms with E-state index in [4.69, 9.17) is 0 Å². The van der Waals surface area contributed by atoms with E-state index in [9.17, 15) is 0 Å². The van der Waals surface area contributed by atoms with E-state index in [0.717, 1.165) is 0 Å². The van der Waals surface area contributed by atoms with Crippen molar-refractivity contribution in [2.24, 2.45) is 0 Å². The Hall–Kier alpha value is 2.57. The van der Waals surface area contributed by atoms with Crippen molar-refractivity contribution in [3.8, 4) is 0 Å². The van der Waals surface area contributed by atoms with Crippen LogP contribution >= 0.6 is 0 Å². The van der Waals surface area contributed by atoms with Crippen LogP contribution in [0.4, 0.5) is 0 Å². The van der Waals surface area contributed by atoms with E-state index in [1.165, 1.54) is 0 Å². The molecule has 0 aromatic rings. The Kier molecular flexibility index (Phi) is 305. The molecule has 0 aliphatic rings. The molecule has 0 amide bonds. The number of hydrogen-bond donors (Lipinski definition) is 0. The van der Waals surface area contributed by atoms with Gasteiger partial charge in [0.2, 0.25) is 0 Å². The first kappa shape index (κ1) is 49.4. The van der Waals surface area contributed by atoms with Crippen LogP contribution in [0, 0.1) is 0 Å². The minimum Gasteiger partial charge on any atom is -0.0776 e. The Morgan fingerprint density at radius 1 is 1.00 bits per heavy atom. The molecule has 0 aliphatic heterocycles. The summed E-state index contributed by atoms with van der Waals surface area (Å²) >= 11 is 0. The van der Waals surface area contributed by atoms with Crippen molar-refractivity contribution < 1.29 is 80.0 Å². The van der Waals surface area contributed by atoms with Gasteiger partial charge in [0.1, 0.15) is 0 Å². The van der Waals surface area contributed by atoms with Gasteiger partial charge in [-0.05, 0) is 0 Å². The van der Waals surface area contributed by atoms with Crippen molar-refractivity contribution in [1.82, 2.24) is 0 Å². The molecule has 28 valence electrons. The van der Waals surface area contributed by atoms with Crippen molar-refractivity contribution >= 4 is 0 Å². The maximum atomic E-state index is 0. The van der Waals surface area contributed by atoms with Gasteiger partial charge in [-0.25, -0.2) is 0 Å². The molecule has 5 heavy (non-hydrogen) atoms. The summed E-state index contributed by atoms with van der Waals surface area (Å²) in [6, 6.07) is 0. The third-order valence-corrected chi connectivity index (χ3v) is 0. The molecule has 0 fully saturated rings. The minimum atomic E-state index is 0. The van der Waals surface area contributed by atoms with Crippen LogP contribution < -0.4 is 0 Å². The zero-order valence-corrected chi connectivity index (χ0v) is 8.23. The SMILES string of the molecule is C.[Cr].[Nb].[Ti].[V]. The van der Waals surface area contributed by atoms with Gasteiger partial charge in [-0.1, -0.05) is 7.43 Å². The summed E-state index contributed by atoms with van der Waals surface area (Å²) in [4.78, 5) is 0. The second-order valence-electron chi connectivity index (χ2n) is 0. The zero-order valence-electron chi connectivity index (χ0n) is 1.80. The molecule has 0 unspecified atom stereocenters. The monoisotopic (exact) mass is 260 g/mol. The van der Waals surface area contributed by atoms with Gasteiger partial charge >= 0.3 is 0 Å². The second kappa shape index (κ2) is 30.8. The van der Waals surface area contributed by atoms with Gasteiger partial charge in [-0.15, -0.1) is 0 Å². The molecule has 0 bridgehead atoms. The Morgan fingerprint density at radius 2 is 1.00 bits per heavy atom. The summed E-state index contributed by atoms with van der Waals surface area (Å²) in [6.45, 7) is 0. The molecule has 0 aromatic heterocycles. The first-order valence-electron chi connectivity index (χ1n) is 0. The van der Waals surface area contributed by atoms with Crippen LogP contribution in [0.3, 0.4) is 0 Å². The molecule has 4 heteroatoms. The van der Waals surface area contributed by atoms with Gasteiger partial charge in [0.05, 0.1) is 0 Å². The topological polar surface area (TPSA) is 0 Å². The summed E-state index contributed by atoms with van der Waals surface area (Å²) in [6.07, 6.45) is 0. The first-order chi connectivity index (χ1) is 0. The van der Waals surface area contributed by atoms with Crippen molar-refractivity contribution in [2.45, 2.75) is 7.43 Å². The van der Waals surface area contributed by atoms with Crippen molar-refractivity contribution in [2.75, 3.05) is 0 Å². The fraction of sp³-hybridized carbons (Fsp3) is 1.00. The van der Waals surface area contributed by atoms with E-state index in [1.807, 2.05) is 0 Å². The van der Waals surface area contributed by atoms with E-state index in [-0.39, 0.29) is 87.4 Å². The van der Waals surface area contributed by atoms with E-state index in [0.29, 0.717) is 0 Å². The van der Waals surface area contributed by atoms with Crippen LogP contribution in [0.2, 0.25) is 0 Å². The van der Waals surface area contributed by atoms with E-state index in [2.05, 4.69) is 0 Å². The summed E-state index contributed by atoms with van der Waals surface area (Å²) in [7, 11) is 0. The van der Waals surface area contributed by atoms with Gasteiger partial charge in [-0.3, -0.25) is 0 Å². The fourth-order valence-electron chi connectivity index (χ4n) is 0. The van der Waals surface area contributed by atoms with Crippen molar-refractivity contribution in [1.29, 1.82) is 0 Å². The Morgan fingerprint density at radius 3 is 1.00 bits per heavy atom. The molecule has 0 aromatic carbocycles. The Labute approximate surface area is 86.3 Å². The fourth-order valence-corrected chi connectivity index (χ4v) is 0. The van der Waals surface area contributed by atoms with Crippen LogP contribution in [0.5, 0.6) is 0 Å². The quantitative estimate of drug-likeness (QED) is 0.560. The van der Waals surface area contributed by atoms with E-state index in [1.54, 1.807) is 0 Å². The molecule has 0 nitrogen and oxygen atoms in total. The van der Waals surface area contributed by atoms with E-state index < -0.39 is 0 Å². The van der Waals surface area contributed by atoms with Gasteiger partial charge in [0, 0.05) is 80.0 Å². The normalized spacial score (nSPS) is 0. The molecule has 0 rings (SSSR count). The summed E-state index contributed by atoms with van der Waals surface area (Å²) in [5.41, 5.74) is 0. The summed E-state index contributed by atoms with van der Waals surface area (Å²) in [5, 5.41) is 0. The third kappa shape index (κ3) is 20.8. The number of rotatable bonds is 0. The molecule has 0 aliphatic carbocycles. The second-order valence-corrected chi connectivity index (χ2v) is 0. The zero-order chi connectivity index (χ0) is 0. The first-order valence-corrected chi connectivity index (χ1v) is 0. The van der Waals surface area contributed by atoms with E-state index >= 15 is 0 Å². The maximum absolute atomic E-state index is 0. The van der Waals surface area contributed by atoms with Crippen molar-refractivity contribution in [3.63, 3.8) is 0 Å². The van der Waals surface area contributed by atoms with Gasteiger partial charge in [-0.2, -0.15) is 0 Å². The molecule has 0 heterocycles. The molecular formula is CH4CrNbTiV. The van der Waals surface area contributed by atoms with Crippen molar-refractivity contribution in [3.05, 3.63) is 0 Å². The molecule has 0 saturated heterocycles. The van der Waals surface area contributed by atoms with Crippen LogP contribution in [0.25, 0.3) is 0 Å². The van der Waals surface area contributed by atoms with Gasteiger partial charge in [0.15, 0.2) is 0 Å². The molecule has 0 spiro atoms. The predicted octanol–water partition coefficient (Wildman–Crippen LogP) is 0.626. The summed E-state index contributed by atoms with van der Waals surface area (Å²) in [5.74, 6) is 0. The molecular weight excluding hydrogens is 256 g/mol. The van der Waals surface area contributed by atoms with Crippen LogP contribution in [0.1, 0.15) is 7.43 Å². The predicted molar refractivity (Wildman–Crippen MR) is 6.73 cm³/mol. The van der Waals surface area contributed by atoms with Gasteiger partial charge < -0.3 is 0 Å². The van der Waals surface area contributed by atoms with Crippen LogP contribution in [-0.4, -0.2) is 0 Å². The van der Waals surface area contributed by atoms with Crippen LogP contribution in [0.15, 0.2) is 0 Å². The minimum absolute atomic E-state index is 0. The van der Waals surface area contributed by atoms with Crippen LogP contribution in [-0.2, 0) is 80.0 Å². The third-order valence-electron chi connectivity index (χ3n) is 0. The average Bonchev–Trinajstić information content (AvgIpc) is 0. The summed E-state index contributed by atoms with van der Waals surface area (Å²) < 4.78 is 0. The smallest absolute Gasteiger partial charge is 0 e. The largest absolute Gasteiger partial charge is 0.0776 e. The standard InChI is InChI=1S/CH4.Cr.Nb.Ti.V/h1H4;;;;. The average molecular weight is 260 g/mol. The number of hydrogen-bond acceptors (Lipinski definition) is 0.